The SMILES string of the molecule is COc1cc2c(Nc3ccc(Br)cc3F)ncnc2cc1OC[C@H]1CNCCO1. The molecule has 0 radical (unpaired) electrons. The molecule has 7 nitrogen and oxygen atoms in total. The van der Waals surface area contributed by atoms with Crippen molar-refractivity contribution in [2.45, 2.75) is 6.10 Å². The predicted octanol–water partition coefficient (Wildman–Crippen LogP) is 3.65. The van der Waals surface area contributed by atoms with Gasteiger partial charge in [0.05, 0.1) is 24.9 Å². The van der Waals surface area contributed by atoms with Gasteiger partial charge in [-0.3, -0.25) is 0 Å². The zero-order valence-electron chi connectivity index (χ0n) is 15.7. The Morgan fingerprint density at radius 3 is 2.93 bits per heavy atom. The standard InChI is InChI=1S/C20H20BrFN4O3/c1-27-18-7-14-17(8-19(18)29-10-13-9-23-4-5-28-13)24-11-25-20(14)26-16-3-2-12(21)6-15(16)22/h2-3,6-8,11,13,23H,4-5,9-10H2,1H3,(H,24,25,26)/t13-/m1/s1. The van der Waals surface area contributed by atoms with E-state index in [4.69, 9.17) is 14.2 Å². The van der Waals surface area contributed by atoms with Crippen LogP contribution in [0, 0.1) is 5.82 Å². The maximum Gasteiger partial charge on any atom is 0.163 e. The van der Waals surface area contributed by atoms with Crippen molar-refractivity contribution in [2.75, 3.05) is 38.7 Å². The zero-order valence-corrected chi connectivity index (χ0v) is 17.3. The van der Waals surface area contributed by atoms with Gasteiger partial charge < -0.3 is 24.8 Å². The molecule has 2 heterocycles. The molecule has 9 heteroatoms. The third-order valence-electron chi connectivity index (χ3n) is 4.53. The van der Waals surface area contributed by atoms with Crippen LogP contribution in [-0.2, 0) is 4.74 Å². The number of fused-ring (bicyclic) bond motifs is 1. The Hall–Kier alpha value is -2.49. The Morgan fingerprint density at radius 2 is 2.17 bits per heavy atom. The van der Waals surface area contributed by atoms with Crippen LogP contribution in [0.3, 0.4) is 0 Å². The van der Waals surface area contributed by atoms with Crippen molar-refractivity contribution in [3.05, 3.63) is 46.9 Å². The second-order valence-electron chi connectivity index (χ2n) is 6.50. The van der Waals surface area contributed by atoms with Gasteiger partial charge in [0, 0.05) is 29.0 Å². The number of hydrogen-bond donors (Lipinski definition) is 2. The molecular formula is C20H20BrFN4O3. The van der Waals surface area contributed by atoms with Crippen LogP contribution < -0.4 is 20.1 Å². The van der Waals surface area contributed by atoms with E-state index in [0.29, 0.717) is 51.6 Å². The molecule has 0 amide bonds. The first-order valence-corrected chi connectivity index (χ1v) is 9.93. The van der Waals surface area contributed by atoms with Gasteiger partial charge in [-0.25, -0.2) is 14.4 Å². The summed E-state index contributed by atoms with van der Waals surface area (Å²) < 4.78 is 32.0. The average molecular weight is 463 g/mol. The molecule has 152 valence electrons. The molecule has 1 aromatic heterocycles. The lowest BCUT2D eigenvalue weighted by atomic mass is 10.2. The zero-order chi connectivity index (χ0) is 20.2. The summed E-state index contributed by atoms with van der Waals surface area (Å²) in [6.45, 7) is 2.65. The molecule has 0 spiro atoms. The molecule has 0 saturated carbocycles. The predicted molar refractivity (Wildman–Crippen MR) is 112 cm³/mol. The monoisotopic (exact) mass is 462 g/mol. The maximum absolute atomic E-state index is 14.2. The maximum atomic E-state index is 14.2. The van der Waals surface area contributed by atoms with E-state index < -0.39 is 0 Å². The van der Waals surface area contributed by atoms with Gasteiger partial charge >= 0.3 is 0 Å². The average Bonchev–Trinajstić information content (AvgIpc) is 2.74. The lowest BCUT2D eigenvalue weighted by Crippen LogP contribution is -2.41. The van der Waals surface area contributed by atoms with Crippen molar-refractivity contribution < 1.29 is 18.6 Å². The summed E-state index contributed by atoms with van der Waals surface area (Å²) in [6.07, 6.45) is 1.40. The van der Waals surface area contributed by atoms with E-state index in [2.05, 4.69) is 36.5 Å². The van der Waals surface area contributed by atoms with Crippen LogP contribution >= 0.6 is 15.9 Å². The lowest BCUT2D eigenvalue weighted by molar-refractivity contribution is -0.000235. The summed E-state index contributed by atoms with van der Waals surface area (Å²) in [5.74, 6) is 1.18. The minimum Gasteiger partial charge on any atom is -0.493 e. The Balaban J connectivity index is 1.62. The van der Waals surface area contributed by atoms with E-state index in [1.807, 2.05) is 0 Å². The van der Waals surface area contributed by atoms with E-state index in [-0.39, 0.29) is 11.9 Å². The topological polar surface area (TPSA) is 77.5 Å². The van der Waals surface area contributed by atoms with Crippen molar-refractivity contribution in [2.24, 2.45) is 0 Å². The van der Waals surface area contributed by atoms with Gasteiger partial charge in [-0.05, 0) is 24.3 Å². The first-order chi connectivity index (χ1) is 14.1. The molecule has 29 heavy (non-hydrogen) atoms. The summed E-state index contributed by atoms with van der Waals surface area (Å²) in [6, 6.07) is 8.35. The number of methoxy groups -OCH3 is 1. The van der Waals surface area contributed by atoms with Crippen molar-refractivity contribution in [1.29, 1.82) is 0 Å². The third-order valence-corrected chi connectivity index (χ3v) is 5.03. The number of benzene rings is 2. The van der Waals surface area contributed by atoms with Crippen LogP contribution in [0.1, 0.15) is 0 Å². The fourth-order valence-corrected chi connectivity index (χ4v) is 3.40. The van der Waals surface area contributed by atoms with Crippen LogP contribution in [-0.4, -0.2) is 49.5 Å². The van der Waals surface area contributed by atoms with Gasteiger partial charge in [-0.2, -0.15) is 0 Å². The quantitative estimate of drug-likeness (QED) is 0.578. The minimum absolute atomic E-state index is 0.0211. The van der Waals surface area contributed by atoms with E-state index in [9.17, 15) is 4.39 Å². The number of halogens is 2. The van der Waals surface area contributed by atoms with Gasteiger partial charge in [-0.1, -0.05) is 15.9 Å². The van der Waals surface area contributed by atoms with E-state index in [0.717, 1.165) is 13.1 Å². The minimum atomic E-state index is -0.390. The Bertz CT molecular complexity index is 1010. The normalized spacial score (nSPS) is 16.6. The van der Waals surface area contributed by atoms with Crippen LogP contribution in [0.15, 0.2) is 41.1 Å². The fraction of sp³-hybridized carbons (Fsp3) is 0.300. The smallest absolute Gasteiger partial charge is 0.163 e. The van der Waals surface area contributed by atoms with Crippen LogP contribution in [0.2, 0.25) is 0 Å². The number of nitrogens with one attached hydrogen (secondary N) is 2. The Labute approximate surface area is 175 Å². The number of aromatic nitrogens is 2. The van der Waals surface area contributed by atoms with E-state index in [1.165, 1.54) is 12.4 Å². The second-order valence-corrected chi connectivity index (χ2v) is 7.42. The molecule has 2 N–H and O–H groups in total. The first-order valence-electron chi connectivity index (χ1n) is 9.14. The third kappa shape index (κ3) is 4.58. The van der Waals surface area contributed by atoms with Crippen LogP contribution in [0.4, 0.5) is 15.9 Å². The van der Waals surface area contributed by atoms with Gasteiger partial charge in [0.25, 0.3) is 0 Å². The highest BCUT2D eigenvalue weighted by Gasteiger charge is 2.17. The highest BCUT2D eigenvalue weighted by atomic mass is 79.9. The summed E-state index contributed by atoms with van der Waals surface area (Å²) >= 11 is 3.26. The number of anilines is 2. The molecule has 1 aliphatic rings. The summed E-state index contributed by atoms with van der Waals surface area (Å²) in [5, 5.41) is 6.98. The molecule has 4 rings (SSSR count). The molecule has 0 unspecified atom stereocenters. The van der Waals surface area contributed by atoms with Gasteiger partial charge in [0.2, 0.25) is 0 Å². The van der Waals surface area contributed by atoms with Crippen LogP contribution in [0.5, 0.6) is 11.5 Å². The Kier molecular flexibility index (Phi) is 6.08. The van der Waals surface area contributed by atoms with Crippen molar-refractivity contribution in [3.8, 4) is 11.5 Å². The van der Waals surface area contributed by atoms with Crippen molar-refractivity contribution >= 4 is 38.3 Å². The van der Waals surface area contributed by atoms with Gasteiger partial charge in [-0.15, -0.1) is 0 Å². The molecule has 2 aromatic carbocycles. The van der Waals surface area contributed by atoms with E-state index in [1.54, 1.807) is 31.4 Å². The summed E-state index contributed by atoms with van der Waals surface area (Å²) in [7, 11) is 1.57. The first kappa shape index (κ1) is 19.8. The fourth-order valence-electron chi connectivity index (χ4n) is 3.06. The lowest BCUT2D eigenvalue weighted by Gasteiger charge is -2.24. The highest BCUT2D eigenvalue weighted by Crippen LogP contribution is 2.35. The Morgan fingerprint density at radius 1 is 1.28 bits per heavy atom. The number of rotatable bonds is 6. The highest BCUT2D eigenvalue weighted by molar-refractivity contribution is 9.10. The molecule has 0 bridgehead atoms. The molecular weight excluding hydrogens is 443 g/mol. The van der Waals surface area contributed by atoms with Crippen LogP contribution in [0.25, 0.3) is 10.9 Å². The molecule has 3 aromatic rings. The summed E-state index contributed by atoms with van der Waals surface area (Å²) in [4.78, 5) is 8.58. The molecule has 1 aliphatic heterocycles. The number of morpholine rings is 1. The molecule has 1 atom stereocenters. The largest absolute Gasteiger partial charge is 0.493 e. The van der Waals surface area contributed by atoms with Gasteiger partial charge in [0.1, 0.15) is 30.7 Å². The number of ether oxygens (including phenoxy) is 3. The van der Waals surface area contributed by atoms with Crippen molar-refractivity contribution in [1.82, 2.24) is 15.3 Å². The summed E-state index contributed by atoms with van der Waals surface area (Å²) in [5.41, 5.74) is 0.966. The molecule has 1 fully saturated rings. The molecule has 1 saturated heterocycles. The molecule has 0 aliphatic carbocycles. The van der Waals surface area contributed by atoms with Crippen molar-refractivity contribution in [3.63, 3.8) is 0 Å². The van der Waals surface area contributed by atoms with E-state index >= 15 is 0 Å². The number of nitrogens with zero attached hydrogens (tertiary/aromatic N) is 2. The number of hydrogen-bond acceptors (Lipinski definition) is 7. The second kappa shape index (κ2) is 8.89. The van der Waals surface area contributed by atoms with Gasteiger partial charge in [0.15, 0.2) is 11.5 Å².